The molecule has 26 heavy (non-hydrogen) atoms. The van der Waals surface area contributed by atoms with E-state index >= 15 is 0 Å². The van der Waals surface area contributed by atoms with Crippen LogP contribution in [0.4, 0.5) is 5.82 Å². The number of nitrogens with zero attached hydrogens (tertiary/aromatic N) is 1. The van der Waals surface area contributed by atoms with Gasteiger partial charge in [0.2, 0.25) is 0 Å². The van der Waals surface area contributed by atoms with Crippen LogP contribution >= 0.6 is 0 Å². The number of ether oxygens (including phenoxy) is 1. The fourth-order valence-corrected chi connectivity index (χ4v) is 4.09. The maximum Gasteiger partial charge on any atom is 0.337 e. The van der Waals surface area contributed by atoms with Gasteiger partial charge >= 0.3 is 5.97 Å². The molecule has 0 bridgehead atoms. The molecule has 0 spiro atoms. The zero-order valence-corrected chi connectivity index (χ0v) is 15.0. The smallest absolute Gasteiger partial charge is 0.337 e. The Hall–Kier alpha value is -2.89. The van der Waals surface area contributed by atoms with Crippen molar-refractivity contribution in [2.45, 2.75) is 32.6 Å². The van der Waals surface area contributed by atoms with Gasteiger partial charge in [-0.2, -0.15) is 0 Å². The van der Waals surface area contributed by atoms with E-state index in [0.717, 1.165) is 28.7 Å². The summed E-state index contributed by atoms with van der Waals surface area (Å²) in [6.45, 7) is 4.15. The van der Waals surface area contributed by atoms with Crippen LogP contribution in [0.2, 0.25) is 0 Å². The molecule has 6 heteroatoms. The predicted octanol–water partition coefficient (Wildman–Crippen LogP) is 3.33. The normalized spacial score (nSPS) is 20.7. The molecule has 134 valence electrons. The van der Waals surface area contributed by atoms with Crippen molar-refractivity contribution in [3.63, 3.8) is 0 Å². The Morgan fingerprint density at radius 3 is 2.62 bits per heavy atom. The van der Waals surface area contributed by atoms with Crippen molar-refractivity contribution in [1.82, 2.24) is 5.16 Å². The standard InChI is InChI=1S/C20H20N2O4/c1-20(2)8-12-15(13(23)9-20)14(16-17(12)26-22-18(16)21)10-4-6-11(7-5-10)19(24)25-3/h4-7,14H,8-9H2,1-3H3,(H2,21,22). The average molecular weight is 352 g/mol. The van der Waals surface area contributed by atoms with Gasteiger partial charge in [-0.15, -0.1) is 0 Å². The van der Waals surface area contributed by atoms with Crippen molar-refractivity contribution < 1.29 is 18.8 Å². The number of carbonyl (C=O) groups excluding carboxylic acids is 2. The monoisotopic (exact) mass is 352 g/mol. The van der Waals surface area contributed by atoms with Gasteiger partial charge in [-0.1, -0.05) is 31.1 Å². The Balaban J connectivity index is 1.85. The quantitative estimate of drug-likeness (QED) is 0.833. The minimum Gasteiger partial charge on any atom is -0.465 e. The number of nitrogens with two attached hydrogens (primary N) is 1. The number of allylic oxidation sites excluding steroid dienone is 2. The van der Waals surface area contributed by atoms with Crippen LogP contribution < -0.4 is 5.73 Å². The molecule has 2 N–H and O–H groups in total. The number of hydrogen-bond acceptors (Lipinski definition) is 6. The SMILES string of the molecule is COC(=O)c1ccc(C2C3=C(CC(C)(C)CC3=O)c3onc(N)c32)cc1. The summed E-state index contributed by atoms with van der Waals surface area (Å²) in [6.07, 6.45) is 1.23. The number of rotatable bonds is 2. The van der Waals surface area contributed by atoms with Gasteiger partial charge in [0.05, 0.1) is 18.2 Å². The Kier molecular flexibility index (Phi) is 3.54. The molecule has 0 fully saturated rings. The van der Waals surface area contributed by atoms with E-state index in [4.69, 9.17) is 15.0 Å². The molecule has 4 rings (SSSR count). The molecule has 1 unspecified atom stereocenters. The van der Waals surface area contributed by atoms with E-state index in [-0.39, 0.29) is 17.1 Å². The number of aromatic nitrogens is 1. The van der Waals surface area contributed by atoms with E-state index in [1.54, 1.807) is 12.1 Å². The summed E-state index contributed by atoms with van der Waals surface area (Å²) in [6, 6.07) is 7.05. The maximum atomic E-state index is 12.9. The molecule has 0 aliphatic heterocycles. The largest absolute Gasteiger partial charge is 0.465 e. The summed E-state index contributed by atoms with van der Waals surface area (Å²) < 4.78 is 10.2. The van der Waals surface area contributed by atoms with Gasteiger partial charge in [0, 0.05) is 23.5 Å². The van der Waals surface area contributed by atoms with E-state index in [9.17, 15) is 9.59 Å². The second kappa shape index (κ2) is 5.56. The first kappa shape index (κ1) is 16.6. The highest BCUT2D eigenvalue weighted by Crippen LogP contribution is 2.55. The molecule has 2 aromatic rings. The first-order valence-corrected chi connectivity index (χ1v) is 8.52. The summed E-state index contributed by atoms with van der Waals surface area (Å²) in [5.41, 5.74) is 9.70. The molecule has 2 aliphatic carbocycles. The van der Waals surface area contributed by atoms with Crippen molar-refractivity contribution in [1.29, 1.82) is 0 Å². The van der Waals surface area contributed by atoms with Crippen LogP contribution in [0.5, 0.6) is 0 Å². The molecule has 1 aromatic carbocycles. The predicted molar refractivity (Wildman–Crippen MR) is 95.5 cm³/mol. The summed E-state index contributed by atoms with van der Waals surface area (Å²) in [5.74, 6) is 0.344. The molecular formula is C20H20N2O4. The van der Waals surface area contributed by atoms with E-state index in [1.807, 2.05) is 12.1 Å². The molecule has 0 saturated heterocycles. The molecule has 1 aromatic heterocycles. The topological polar surface area (TPSA) is 95.4 Å². The lowest BCUT2D eigenvalue weighted by molar-refractivity contribution is -0.117. The third-order valence-corrected chi connectivity index (χ3v) is 5.19. The zero-order valence-electron chi connectivity index (χ0n) is 15.0. The van der Waals surface area contributed by atoms with E-state index < -0.39 is 5.97 Å². The molecule has 2 aliphatic rings. The molecule has 0 radical (unpaired) electrons. The Morgan fingerprint density at radius 1 is 1.27 bits per heavy atom. The van der Waals surface area contributed by atoms with Gasteiger partial charge in [0.1, 0.15) is 0 Å². The van der Waals surface area contributed by atoms with Crippen molar-refractivity contribution in [3.8, 4) is 0 Å². The first-order chi connectivity index (χ1) is 12.3. The summed E-state index contributed by atoms with van der Waals surface area (Å²) in [7, 11) is 1.34. The van der Waals surface area contributed by atoms with E-state index in [1.165, 1.54) is 7.11 Å². The third-order valence-electron chi connectivity index (χ3n) is 5.19. The van der Waals surface area contributed by atoms with Crippen LogP contribution in [0.25, 0.3) is 5.57 Å². The Morgan fingerprint density at radius 2 is 1.96 bits per heavy atom. The highest BCUT2D eigenvalue weighted by Gasteiger charge is 2.46. The Bertz CT molecular complexity index is 951. The molecule has 6 nitrogen and oxygen atoms in total. The second-order valence-electron chi connectivity index (χ2n) is 7.69. The highest BCUT2D eigenvalue weighted by molar-refractivity contribution is 6.09. The molecular weight excluding hydrogens is 332 g/mol. The van der Waals surface area contributed by atoms with Crippen molar-refractivity contribution in [3.05, 3.63) is 52.3 Å². The zero-order chi connectivity index (χ0) is 18.6. The summed E-state index contributed by atoms with van der Waals surface area (Å²) in [5, 5.41) is 3.92. The first-order valence-electron chi connectivity index (χ1n) is 8.52. The van der Waals surface area contributed by atoms with E-state index in [2.05, 4.69) is 19.0 Å². The lowest BCUT2D eigenvalue weighted by atomic mass is 9.72. The van der Waals surface area contributed by atoms with Gasteiger partial charge in [-0.05, 0) is 29.5 Å². The van der Waals surface area contributed by atoms with Gasteiger partial charge in [0.15, 0.2) is 17.4 Å². The molecule has 0 amide bonds. The van der Waals surface area contributed by atoms with Crippen molar-refractivity contribution in [2.24, 2.45) is 5.41 Å². The van der Waals surface area contributed by atoms with Crippen molar-refractivity contribution >= 4 is 23.1 Å². The highest BCUT2D eigenvalue weighted by atomic mass is 16.5. The number of Topliss-reactive ketones (excluding diaryl/α,β-unsaturated/α-hetero) is 1. The number of methoxy groups -OCH3 is 1. The van der Waals surface area contributed by atoms with Gasteiger partial charge in [-0.3, -0.25) is 4.79 Å². The van der Waals surface area contributed by atoms with Gasteiger partial charge in [-0.25, -0.2) is 4.79 Å². The fourth-order valence-electron chi connectivity index (χ4n) is 4.09. The number of carbonyl (C=O) groups is 2. The minimum absolute atomic E-state index is 0.115. The summed E-state index contributed by atoms with van der Waals surface area (Å²) in [4.78, 5) is 24.6. The maximum absolute atomic E-state index is 12.9. The number of anilines is 1. The lowest BCUT2D eigenvalue weighted by Gasteiger charge is -2.30. The minimum atomic E-state index is -0.399. The number of fused-ring (bicyclic) bond motifs is 2. The van der Waals surface area contributed by atoms with Crippen LogP contribution in [0.3, 0.4) is 0 Å². The van der Waals surface area contributed by atoms with Gasteiger partial charge < -0.3 is 15.0 Å². The number of nitrogen functional groups attached to an aromatic ring is 1. The summed E-state index contributed by atoms with van der Waals surface area (Å²) >= 11 is 0. The fraction of sp³-hybridized carbons (Fsp3) is 0.350. The number of benzene rings is 1. The second-order valence-corrected chi connectivity index (χ2v) is 7.69. The number of hydrogen-bond donors (Lipinski definition) is 1. The molecule has 1 heterocycles. The van der Waals surface area contributed by atoms with Crippen LogP contribution in [-0.2, 0) is 9.53 Å². The lowest BCUT2D eigenvalue weighted by Crippen LogP contribution is -2.25. The van der Waals surface area contributed by atoms with E-state index in [0.29, 0.717) is 23.6 Å². The Labute approximate surface area is 151 Å². The van der Waals surface area contributed by atoms with Crippen LogP contribution in [0.1, 0.15) is 59.9 Å². The van der Waals surface area contributed by atoms with Gasteiger partial charge in [0.25, 0.3) is 0 Å². The number of ketones is 1. The van der Waals surface area contributed by atoms with Crippen LogP contribution in [-0.4, -0.2) is 24.0 Å². The molecule has 1 atom stereocenters. The van der Waals surface area contributed by atoms with Crippen LogP contribution in [0, 0.1) is 5.41 Å². The average Bonchev–Trinajstić information content (AvgIpc) is 3.12. The van der Waals surface area contributed by atoms with Crippen molar-refractivity contribution in [2.75, 3.05) is 12.8 Å². The third kappa shape index (κ3) is 2.36. The number of esters is 1. The molecule has 0 saturated carbocycles. The van der Waals surface area contributed by atoms with Crippen LogP contribution in [0.15, 0.2) is 34.4 Å².